The summed E-state index contributed by atoms with van der Waals surface area (Å²) in [6, 6.07) is 0.381. The molecule has 102 valence electrons. The molecule has 1 aromatic rings. The van der Waals surface area contributed by atoms with Crippen LogP contribution in [-0.2, 0) is 6.42 Å². The molecule has 0 saturated heterocycles. The summed E-state index contributed by atoms with van der Waals surface area (Å²) < 4.78 is 1.99. The van der Waals surface area contributed by atoms with E-state index in [-0.39, 0.29) is 0 Å². The Morgan fingerprint density at radius 2 is 2.26 bits per heavy atom. The molecule has 1 unspecified atom stereocenters. The van der Waals surface area contributed by atoms with Crippen LogP contribution in [0.1, 0.15) is 33.3 Å². The molecule has 0 saturated carbocycles. The Morgan fingerprint density at radius 3 is 2.84 bits per heavy atom. The lowest BCUT2D eigenvalue weighted by Gasteiger charge is -2.31. The summed E-state index contributed by atoms with van der Waals surface area (Å²) in [4.78, 5) is 6.81. The van der Waals surface area contributed by atoms with Gasteiger partial charge in [0.1, 0.15) is 5.82 Å². The van der Waals surface area contributed by atoms with E-state index in [1.807, 2.05) is 11.6 Å². The average molecular weight is 258 g/mol. The standard InChI is InChI=1S/C15H22N4/c1-7-10(3)16-14-13(8-2)15-18(6)11(4)9-12(5)19(15)17-14/h7,9,11H,1,8H2,2-6H3/b16-10-. The number of hydrogen-bond acceptors (Lipinski definition) is 3. The number of anilines is 1. The molecular weight excluding hydrogens is 236 g/mol. The van der Waals surface area contributed by atoms with Crippen LogP contribution in [0.4, 0.5) is 11.6 Å². The van der Waals surface area contributed by atoms with Crippen molar-refractivity contribution in [3.8, 4) is 0 Å². The Balaban J connectivity index is 2.63. The third-order valence-corrected chi connectivity index (χ3v) is 3.63. The number of aliphatic imine (C=N–C) groups is 1. The first-order valence-electron chi connectivity index (χ1n) is 6.70. The normalized spacial score (nSPS) is 19.2. The van der Waals surface area contributed by atoms with Crippen LogP contribution in [0.3, 0.4) is 0 Å². The van der Waals surface area contributed by atoms with Gasteiger partial charge in [-0.05, 0) is 39.3 Å². The largest absolute Gasteiger partial charge is 0.353 e. The second-order valence-corrected chi connectivity index (χ2v) is 5.01. The fraction of sp³-hybridized carbons (Fsp3) is 0.467. The fourth-order valence-corrected chi connectivity index (χ4v) is 2.38. The van der Waals surface area contributed by atoms with Gasteiger partial charge in [-0.2, -0.15) is 0 Å². The molecule has 0 bridgehead atoms. The van der Waals surface area contributed by atoms with E-state index in [0.29, 0.717) is 6.04 Å². The number of rotatable bonds is 3. The predicted molar refractivity (Wildman–Crippen MR) is 82.4 cm³/mol. The Morgan fingerprint density at radius 1 is 1.58 bits per heavy atom. The lowest BCUT2D eigenvalue weighted by atomic mass is 10.1. The molecule has 0 N–H and O–H groups in total. The topological polar surface area (TPSA) is 33.4 Å². The van der Waals surface area contributed by atoms with Crippen molar-refractivity contribution in [1.82, 2.24) is 9.78 Å². The van der Waals surface area contributed by atoms with Crippen LogP contribution >= 0.6 is 0 Å². The van der Waals surface area contributed by atoms with Gasteiger partial charge in [-0.3, -0.25) is 0 Å². The number of fused-ring (bicyclic) bond motifs is 1. The van der Waals surface area contributed by atoms with Crippen molar-refractivity contribution in [1.29, 1.82) is 0 Å². The van der Waals surface area contributed by atoms with Gasteiger partial charge in [0.2, 0.25) is 0 Å². The molecule has 0 aromatic carbocycles. The van der Waals surface area contributed by atoms with Gasteiger partial charge in [0.05, 0.1) is 0 Å². The number of hydrogen-bond donors (Lipinski definition) is 0. The van der Waals surface area contributed by atoms with Crippen LogP contribution < -0.4 is 4.90 Å². The summed E-state index contributed by atoms with van der Waals surface area (Å²) in [5.74, 6) is 1.97. The lowest BCUT2D eigenvalue weighted by molar-refractivity contribution is 0.731. The SMILES string of the molecule is C=C/C(C)=N\c1nn2c(c1CC)N(C)C(C)C=C2C. The van der Waals surface area contributed by atoms with Crippen molar-refractivity contribution in [2.24, 2.45) is 4.99 Å². The molecule has 19 heavy (non-hydrogen) atoms. The van der Waals surface area contributed by atoms with Crippen LogP contribution in [0.15, 0.2) is 23.7 Å². The Bertz CT molecular complexity index is 563. The molecule has 0 fully saturated rings. The van der Waals surface area contributed by atoms with Gasteiger partial charge in [0, 0.05) is 30.1 Å². The third kappa shape index (κ3) is 2.23. The Labute approximate surface area is 115 Å². The molecule has 0 aliphatic carbocycles. The number of aromatic nitrogens is 2. The molecule has 1 aromatic heterocycles. The average Bonchev–Trinajstić information content (AvgIpc) is 2.74. The summed E-state index contributed by atoms with van der Waals surface area (Å²) in [7, 11) is 2.11. The molecule has 4 heteroatoms. The van der Waals surface area contributed by atoms with Gasteiger partial charge in [-0.1, -0.05) is 13.5 Å². The predicted octanol–water partition coefficient (Wildman–Crippen LogP) is 3.42. The molecule has 0 spiro atoms. The first kappa shape index (κ1) is 13.6. The van der Waals surface area contributed by atoms with Crippen LogP contribution in [0.25, 0.3) is 5.70 Å². The summed E-state index contributed by atoms with van der Waals surface area (Å²) in [6.45, 7) is 12.1. The minimum absolute atomic E-state index is 0.381. The molecule has 1 aliphatic heterocycles. The maximum absolute atomic E-state index is 4.65. The van der Waals surface area contributed by atoms with Gasteiger partial charge < -0.3 is 4.90 Å². The minimum atomic E-state index is 0.381. The quantitative estimate of drug-likeness (QED) is 0.778. The van der Waals surface area contributed by atoms with Crippen molar-refractivity contribution < 1.29 is 0 Å². The molecule has 1 aliphatic rings. The zero-order chi connectivity index (χ0) is 14.2. The number of nitrogens with zero attached hydrogens (tertiary/aromatic N) is 4. The van der Waals surface area contributed by atoms with E-state index in [1.54, 1.807) is 6.08 Å². The van der Waals surface area contributed by atoms with Crippen molar-refractivity contribution >= 4 is 23.0 Å². The third-order valence-electron chi connectivity index (χ3n) is 3.63. The van der Waals surface area contributed by atoms with Crippen LogP contribution in [0.2, 0.25) is 0 Å². The molecule has 1 atom stereocenters. The second-order valence-electron chi connectivity index (χ2n) is 5.01. The fourth-order valence-electron chi connectivity index (χ4n) is 2.38. The summed E-state index contributed by atoms with van der Waals surface area (Å²) in [5.41, 5.74) is 3.25. The maximum atomic E-state index is 4.65. The molecule has 2 heterocycles. The summed E-state index contributed by atoms with van der Waals surface area (Å²) in [6.07, 6.45) is 4.89. The first-order valence-corrected chi connectivity index (χ1v) is 6.70. The highest BCUT2D eigenvalue weighted by molar-refractivity contribution is 5.94. The van der Waals surface area contributed by atoms with Crippen LogP contribution in [0, 0.1) is 0 Å². The van der Waals surface area contributed by atoms with E-state index < -0.39 is 0 Å². The zero-order valence-corrected chi connectivity index (χ0v) is 12.4. The van der Waals surface area contributed by atoms with Gasteiger partial charge >= 0.3 is 0 Å². The van der Waals surface area contributed by atoms with E-state index in [2.05, 4.69) is 55.5 Å². The number of allylic oxidation sites excluding steroid dienone is 2. The van der Waals surface area contributed by atoms with E-state index in [9.17, 15) is 0 Å². The van der Waals surface area contributed by atoms with Gasteiger partial charge in [0.25, 0.3) is 0 Å². The summed E-state index contributed by atoms with van der Waals surface area (Å²) >= 11 is 0. The Kier molecular flexibility index (Phi) is 3.60. The molecule has 0 radical (unpaired) electrons. The van der Waals surface area contributed by atoms with E-state index in [1.165, 1.54) is 5.56 Å². The van der Waals surface area contributed by atoms with Crippen molar-refractivity contribution in [2.45, 2.75) is 40.2 Å². The molecular formula is C15H22N4. The highest BCUT2D eigenvalue weighted by Gasteiger charge is 2.26. The highest BCUT2D eigenvalue weighted by atomic mass is 15.4. The van der Waals surface area contributed by atoms with Gasteiger partial charge in [-0.15, -0.1) is 5.10 Å². The monoisotopic (exact) mass is 258 g/mol. The van der Waals surface area contributed by atoms with Gasteiger partial charge in [0.15, 0.2) is 5.82 Å². The maximum Gasteiger partial charge on any atom is 0.179 e. The van der Waals surface area contributed by atoms with E-state index >= 15 is 0 Å². The molecule has 2 rings (SSSR count). The minimum Gasteiger partial charge on any atom is -0.353 e. The highest BCUT2D eigenvalue weighted by Crippen LogP contribution is 2.35. The first-order chi connectivity index (χ1) is 8.99. The van der Waals surface area contributed by atoms with E-state index in [0.717, 1.165) is 29.5 Å². The smallest absolute Gasteiger partial charge is 0.179 e. The van der Waals surface area contributed by atoms with Crippen molar-refractivity contribution in [3.05, 3.63) is 24.3 Å². The zero-order valence-electron chi connectivity index (χ0n) is 12.4. The van der Waals surface area contributed by atoms with Crippen LogP contribution in [0.5, 0.6) is 0 Å². The second kappa shape index (κ2) is 5.03. The van der Waals surface area contributed by atoms with Gasteiger partial charge in [-0.25, -0.2) is 9.67 Å². The number of likely N-dealkylation sites (N-methyl/N-ethyl adjacent to an activating group) is 1. The lowest BCUT2D eigenvalue weighted by Crippen LogP contribution is -2.33. The summed E-state index contributed by atoms with van der Waals surface area (Å²) in [5, 5.41) is 4.65. The van der Waals surface area contributed by atoms with Crippen molar-refractivity contribution in [2.75, 3.05) is 11.9 Å². The van der Waals surface area contributed by atoms with Crippen molar-refractivity contribution in [3.63, 3.8) is 0 Å². The van der Waals surface area contributed by atoms with E-state index in [4.69, 9.17) is 0 Å². The Hall–Kier alpha value is -1.84. The molecule has 0 amide bonds. The van der Waals surface area contributed by atoms with Crippen LogP contribution in [-0.4, -0.2) is 28.6 Å². The molecule has 4 nitrogen and oxygen atoms in total.